The molecule has 0 atom stereocenters. The maximum Gasteiger partial charge on any atom is 0.227 e. The molecule has 54 heavy (non-hydrogen) atoms. The van der Waals surface area contributed by atoms with Gasteiger partial charge in [-0.25, -0.2) is 4.98 Å². The summed E-state index contributed by atoms with van der Waals surface area (Å²) in [4.78, 5) is 7.40. The Morgan fingerprint density at radius 3 is 1.78 bits per heavy atom. The molecule has 10 aromatic rings. The van der Waals surface area contributed by atoms with E-state index in [0.29, 0.717) is 5.89 Å². The Bertz CT molecular complexity index is 2910. The molecule has 0 spiro atoms. The van der Waals surface area contributed by atoms with E-state index in [9.17, 15) is 0 Å². The lowest BCUT2D eigenvalue weighted by Crippen LogP contribution is -2.11. The first-order valence-corrected chi connectivity index (χ1v) is 18.3. The van der Waals surface area contributed by atoms with Gasteiger partial charge in [-0.15, -0.1) is 0 Å². The largest absolute Gasteiger partial charge is 0.436 e. The predicted octanol–water partition coefficient (Wildman–Crippen LogP) is 14.3. The van der Waals surface area contributed by atoms with Crippen molar-refractivity contribution in [1.82, 2.24) is 4.98 Å². The second kappa shape index (κ2) is 13.4. The normalized spacial score (nSPS) is 11.3. The van der Waals surface area contributed by atoms with E-state index >= 15 is 0 Å². The minimum Gasteiger partial charge on any atom is -0.436 e. The number of hydrogen-bond acceptors (Lipinski definition) is 3. The molecule has 254 valence electrons. The van der Waals surface area contributed by atoms with E-state index in [1.165, 1.54) is 33.0 Å². The summed E-state index contributed by atoms with van der Waals surface area (Å²) in [7, 11) is 0. The van der Waals surface area contributed by atoms with Gasteiger partial charge in [-0.1, -0.05) is 152 Å². The van der Waals surface area contributed by atoms with E-state index in [2.05, 4.69) is 199 Å². The molecule has 0 aliphatic carbocycles. The Morgan fingerprint density at radius 2 is 0.963 bits per heavy atom. The predicted molar refractivity (Wildman–Crippen MR) is 225 cm³/mol. The van der Waals surface area contributed by atoms with Crippen molar-refractivity contribution in [2.45, 2.75) is 0 Å². The number of benzene rings is 9. The number of anilines is 3. The fourth-order valence-electron chi connectivity index (χ4n) is 7.63. The second-order valence-electron chi connectivity index (χ2n) is 13.6. The molecule has 0 aliphatic rings. The molecule has 0 unspecified atom stereocenters. The fraction of sp³-hybridized carbons (Fsp3) is 0. The van der Waals surface area contributed by atoms with Crippen LogP contribution in [0.5, 0.6) is 0 Å². The summed E-state index contributed by atoms with van der Waals surface area (Å²) < 4.78 is 6.34. The van der Waals surface area contributed by atoms with Gasteiger partial charge in [-0.3, -0.25) is 0 Å². The zero-order valence-corrected chi connectivity index (χ0v) is 29.4. The Kier molecular flexibility index (Phi) is 7.81. The lowest BCUT2D eigenvalue weighted by atomic mass is 9.97. The van der Waals surface area contributed by atoms with Crippen LogP contribution in [0.4, 0.5) is 17.1 Å². The summed E-state index contributed by atoms with van der Waals surface area (Å²) in [5.41, 5.74) is 12.9. The molecule has 9 aromatic carbocycles. The van der Waals surface area contributed by atoms with Gasteiger partial charge in [0.15, 0.2) is 5.58 Å². The highest BCUT2D eigenvalue weighted by atomic mass is 16.3. The minimum atomic E-state index is 0.617. The van der Waals surface area contributed by atoms with Crippen LogP contribution in [0.2, 0.25) is 0 Å². The van der Waals surface area contributed by atoms with Crippen LogP contribution in [0.25, 0.3) is 77.5 Å². The van der Waals surface area contributed by atoms with Gasteiger partial charge >= 0.3 is 0 Å². The van der Waals surface area contributed by atoms with E-state index in [-0.39, 0.29) is 0 Å². The van der Waals surface area contributed by atoms with Crippen LogP contribution in [0.15, 0.2) is 211 Å². The van der Waals surface area contributed by atoms with Crippen molar-refractivity contribution < 1.29 is 4.42 Å². The van der Waals surface area contributed by atoms with Gasteiger partial charge in [0.05, 0.1) is 5.69 Å². The molecule has 0 amide bonds. The van der Waals surface area contributed by atoms with Crippen LogP contribution < -0.4 is 4.90 Å². The first-order chi connectivity index (χ1) is 26.8. The molecule has 3 nitrogen and oxygen atoms in total. The number of rotatable bonds is 7. The molecule has 0 fully saturated rings. The molecule has 10 rings (SSSR count). The average Bonchev–Trinajstić information content (AvgIpc) is 3.70. The standard InChI is InChI=1S/C51H34N2O/c1-3-12-35(13-4-1)36-22-24-40(25-23-36)51-52-50-47-32-31-43(34-41(47)28-33-49(50)54-51)53(48-21-10-9-19-46(48)38-14-5-2-6-15-38)42-29-26-39(27-30-42)45-20-11-17-37-16-7-8-18-44(37)45/h1-34H. The topological polar surface area (TPSA) is 29.3 Å². The van der Waals surface area contributed by atoms with Gasteiger partial charge in [-0.05, 0) is 98.6 Å². The average molecular weight is 691 g/mol. The molecular formula is C51H34N2O. The monoisotopic (exact) mass is 690 g/mol. The number of fused-ring (bicyclic) bond motifs is 4. The van der Waals surface area contributed by atoms with Gasteiger partial charge in [0, 0.05) is 27.9 Å². The summed E-state index contributed by atoms with van der Waals surface area (Å²) in [6, 6.07) is 72.9. The smallest absolute Gasteiger partial charge is 0.227 e. The highest BCUT2D eigenvalue weighted by Gasteiger charge is 2.19. The van der Waals surface area contributed by atoms with Crippen LogP contribution in [-0.4, -0.2) is 4.98 Å². The van der Waals surface area contributed by atoms with Crippen molar-refractivity contribution in [3.63, 3.8) is 0 Å². The lowest BCUT2D eigenvalue weighted by molar-refractivity contribution is 0.620. The summed E-state index contributed by atoms with van der Waals surface area (Å²) >= 11 is 0. The van der Waals surface area contributed by atoms with E-state index in [0.717, 1.165) is 55.6 Å². The van der Waals surface area contributed by atoms with E-state index in [1.54, 1.807) is 0 Å². The van der Waals surface area contributed by atoms with E-state index in [4.69, 9.17) is 9.40 Å². The third-order valence-electron chi connectivity index (χ3n) is 10.3. The molecule has 0 aliphatic heterocycles. The second-order valence-corrected chi connectivity index (χ2v) is 13.6. The summed E-state index contributed by atoms with van der Waals surface area (Å²) in [5, 5.41) is 4.63. The molecule has 1 aromatic heterocycles. The van der Waals surface area contributed by atoms with Crippen molar-refractivity contribution in [2.24, 2.45) is 0 Å². The maximum absolute atomic E-state index is 6.34. The highest BCUT2D eigenvalue weighted by Crippen LogP contribution is 2.43. The van der Waals surface area contributed by atoms with Gasteiger partial charge in [0.25, 0.3) is 0 Å². The Labute approximate surface area is 314 Å². The van der Waals surface area contributed by atoms with Crippen molar-refractivity contribution in [3.8, 4) is 44.8 Å². The fourth-order valence-corrected chi connectivity index (χ4v) is 7.63. The molecule has 0 N–H and O–H groups in total. The van der Waals surface area contributed by atoms with Gasteiger partial charge in [0.2, 0.25) is 5.89 Å². The first kappa shape index (κ1) is 31.5. The zero-order valence-electron chi connectivity index (χ0n) is 29.4. The van der Waals surface area contributed by atoms with Crippen LogP contribution in [0.1, 0.15) is 0 Å². The maximum atomic E-state index is 6.34. The van der Waals surface area contributed by atoms with Crippen LogP contribution in [0, 0.1) is 0 Å². The zero-order chi connectivity index (χ0) is 35.8. The summed E-state index contributed by atoms with van der Waals surface area (Å²) in [6.45, 7) is 0. The molecule has 0 bridgehead atoms. The molecule has 3 heteroatoms. The van der Waals surface area contributed by atoms with Crippen molar-refractivity contribution >= 4 is 49.7 Å². The van der Waals surface area contributed by atoms with Crippen molar-refractivity contribution in [2.75, 3.05) is 4.90 Å². The summed E-state index contributed by atoms with van der Waals surface area (Å²) in [6.07, 6.45) is 0. The number of para-hydroxylation sites is 1. The van der Waals surface area contributed by atoms with Gasteiger partial charge < -0.3 is 9.32 Å². The van der Waals surface area contributed by atoms with Gasteiger partial charge in [-0.2, -0.15) is 0 Å². The number of aromatic nitrogens is 1. The van der Waals surface area contributed by atoms with Crippen LogP contribution in [-0.2, 0) is 0 Å². The van der Waals surface area contributed by atoms with Crippen LogP contribution in [0.3, 0.4) is 0 Å². The molecule has 0 saturated carbocycles. The van der Waals surface area contributed by atoms with E-state index in [1.807, 2.05) is 12.1 Å². The van der Waals surface area contributed by atoms with Crippen molar-refractivity contribution in [3.05, 3.63) is 206 Å². The van der Waals surface area contributed by atoms with Gasteiger partial charge in [0.1, 0.15) is 5.52 Å². The summed E-state index contributed by atoms with van der Waals surface area (Å²) in [5.74, 6) is 0.617. The van der Waals surface area contributed by atoms with Crippen LogP contribution >= 0.6 is 0 Å². The molecule has 0 radical (unpaired) electrons. The number of hydrogen-bond donors (Lipinski definition) is 0. The number of oxazole rings is 1. The minimum absolute atomic E-state index is 0.617. The molecule has 1 heterocycles. The first-order valence-electron chi connectivity index (χ1n) is 18.3. The quantitative estimate of drug-likeness (QED) is 0.167. The third-order valence-corrected chi connectivity index (χ3v) is 10.3. The molecular weight excluding hydrogens is 657 g/mol. The molecule has 0 saturated heterocycles. The Morgan fingerprint density at radius 1 is 0.370 bits per heavy atom. The van der Waals surface area contributed by atoms with E-state index < -0.39 is 0 Å². The highest BCUT2D eigenvalue weighted by molar-refractivity contribution is 6.06. The SMILES string of the molecule is c1ccc(-c2ccc(-c3nc4c(ccc5cc(N(c6ccc(-c7cccc8ccccc78)cc6)c6ccccc6-c6ccccc6)ccc54)o3)cc2)cc1. The Hall–Kier alpha value is -7.23. The Balaban J connectivity index is 1.07. The third kappa shape index (κ3) is 5.69. The number of nitrogens with zero attached hydrogens (tertiary/aromatic N) is 2. The lowest BCUT2D eigenvalue weighted by Gasteiger charge is -2.28. The van der Waals surface area contributed by atoms with Crippen molar-refractivity contribution in [1.29, 1.82) is 0 Å².